The Hall–Kier alpha value is -1.92. The van der Waals surface area contributed by atoms with E-state index in [-0.39, 0.29) is 18.5 Å². The number of unbranched alkanes of at least 4 members (excludes halogenated alkanes) is 35. The lowest BCUT2D eigenvalue weighted by Gasteiger charge is -2.22. The van der Waals surface area contributed by atoms with Crippen LogP contribution in [0, 0.1) is 0 Å². The SMILES string of the molecule is CCCCCC/C=C\CCCCCCCC(=O)OCCCCC/C=C\C=C/CCCCCCCCC(=O)NC(CO)C(O)CCCCCCCCCCCCCCCCCCCC. The molecular formula is C57H107NO5. The number of allylic oxidation sites excluding steroid dienone is 6. The molecule has 2 atom stereocenters. The lowest BCUT2D eigenvalue weighted by Crippen LogP contribution is -2.45. The molecular weight excluding hydrogens is 779 g/mol. The first-order chi connectivity index (χ1) is 31.0. The molecule has 370 valence electrons. The lowest BCUT2D eigenvalue weighted by molar-refractivity contribution is -0.143. The smallest absolute Gasteiger partial charge is 0.305 e. The summed E-state index contributed by atoms with van der Waals surface area (Å²) < 4.78 is 5.43. The van der Waals surface area contributed by atoms with Gasteiger partial charge in [-0.2, -0.15) is 0 Å². The van der Waals surface area contributed by atoms with Gasteiger partial charge >= 0.3 is 5.97 Å². The van der Waals surface area contributed by atoms with Gasteiger partial charge in [0.2, 0.25) is 5.91 Å². The standard InChI is InChI=1S/C57H107NO5/c1-3-5-7-9-11-13-15-17-18-19-20-22-26-29-33-37-41-45-49-55(60)54(53-59)58-56(61)50-46-42-38-34-30-27-23-21-24-28-32-36-40-44-48-52-63-57(62)51-47-43-39-35-31-25-16-14-12-10-8-6-4-2/h14,16,21,24,28,32,54-55,59-60H,3-13,15,17-20,22-23,25-27,29-31,33-53H2,1-2H3,(H,58,61)/b16-14-,24-21-,32-28-. The molecule has 0 aromatic rings. The zero-order valence-electron chi connectivity index (χ0n) is 42.1. The highest BCUT2D eigenvalue weighted by Crippen LogP contribution is 2.16. The van der Waals surface area contributed by atoms with E-state index in [2.05, 4.69) is 55.6 Å². The first-order valence-electron chi connectivity index (χ1n) is 27.8. The van der Waals surface area contributed by atoms with Gasteiger partial charge in [0.25, 0.3) is 0 Å². The van der Waals surface area contributed by atoms with Crippen molar-refractivity contribution >= 4 is 11.9 Å². The van der Waals surface area contributed by atoms with E-state index in [1.807, 2.05) is 0 Å². The summed E-state index contributed by atoms with van der Waals surface area (Å²) in [5, 5.41) is 23.3. The number of hydrogen-bond acceptors (Lipinski definition) is 5. The molecule has 0 rings (SSSR count). The number of hydrogen-bond donors (Lipinski definition) is 3. The maximum Gasteiger partial charge on any atom is 0.305 e. The van der Waals surface area contributed by atoms with E-state index in [1.54, 1.807) is 0 Å². The second-order valence-electron chi connectivity index (χ2n) is 18.9. The molecule has 0 aliphatic heterocycles. The topological polar surface area (TPSA) is 95.9 Å². The van der Waals surface area contributed by atoms with Crippen molar-refractivity contribution in [2.75, 3.05) is 13.2 Å². The molecule has 0 spiro atoms. The molecule has 0 bridgehead atoms. The molecule has 0 aliphatic rings. The second-order valence-corrected chi connectivity index (χ2v) is 18.9. The Kier molecular flexibility index (Phi) is 51.1. The van der Waals surface area contributed by atoms with Crippen LogP contribution in [-0.4, -0.2) is 47.4 Å². The summed E-state index contributed by atoms with van der Waals surface area (Å²) >= 11 is 0. The van der Waals surface area contributed by atoms with Crippen LogP contribution in [0.3, 0.4) is 0 Å². The Balaban J connectivity index is 3.53. The number of aliphatic hydroxyl groups is 2. The van der Waals surface area contributed by atoms with E-state index < -0.39 is 12.1 Å². The number of rotatable bonds is 51. The van der Waals surface area contributed by atoms with Crippen molar-refractivity contribution in [1.82, 2.24) is 5.32 Å². The Morgan fingerprint density at radius 2 is 0.794 bits per heavy atom. The lowest BCUT2D eigenvalue weighted by atomic mass is 10.0. The highest BCUT2D eigenvalue weighted by atomic mass is 16.5. The molecule has 0 aromatic heterocycles. The van der Waals surface area contributed by atoms with E-state index in [9.17, 15) is 19.8 Å². The van der Waals surface area contributed by atoms with Gasteiger partial charge in [-0.05, 0) is 83.5 Å². The van der Waals surface area contributed by atoms with Gasteiger partial charge in [0.1, 0.15) is 0 Å². The van der Waals surface area contributed by atoms with Crippen molar-refractivity contribution in [3.05, 3.63) is 36.5 Å². The predicted molar refractivity (Wildman–Crippen MR) is 273 cm³/mol. The maximum absolute atomic E-state index is 12.5. The molecule has 0 saturated carbocycles. The molecule has 0 aromatic carbocycles. The summed E-state index contributed by atoms with van der Waals surface area (Å²) in [6, 6.07) is -0.559. The van der Waals surface area contributed by atoms with Crippen LogP contribution in [0.5, 0.6) is 0 Å². The summed E-state index contributed by atoms with van der Waals surface area (Å²) in [7, 11) is 0. The fourth-order valence-electron chi connectivity index (χ4n) is 8.39. The van der Waals surface area contributed by atoms with Gasteiger partial charge in [0.15, 0.2) is 0 Å². The van der Waals surface area contributed by atoms with E-state index in [0.717, 1.165) is 77.0 Å². The molecule has 2 unspecified atom stereocenters. The maximum atomic E-state index is 12.5. The van der Waals surface area contributed by atoms with Crippen molar-refractivity contribution in [1.29, 1.82) is 0 Å². The molecule has 1 amide bonds. The number of carbonyl (C=O) groups excluding carboxylic acids is 2. The van der Waals surface area contributed by atoms with Gasteiger partial charge in [-0.1, -0.05) is 230 Å². The minimum Gasteiger partial charge on any atom is -0.466 e. The van der Waals surface area contributed by atoms with Crippen LogP contribution < -0.4 is 5.32 Å². The predicted octanol–water partition coefficient (Wildman–Crippen LogP) is 16.9. The highest BCUT2D eigenvalue weighted by molar-refractivity contribution is 5.76. The van der Waals surface area contributed by atoms with Crippen LogP contribution in [0.4, 0.5) is 0 Å². The third-order valence-corrected chi connectivity index (χ3v) is 12.7. The molecule has 0 saturated heterocycles. The first kappa shape index (κ1) is 61.1. The summed E-state index contributed by atoms with van der Waals surface area (Å²) in [6.45, 7) is 4.88. The number of nitrogens with one attached hydrogen (secondary N) is 1. The average molecular weight is 886 g/mol. The fraction of sp³-hybridized carbons (Fsp3) is 0.860. The summed E-state index contributed by atoms with van der Waals surface area (Å²) in [5.74, 6) is -0.0876. The van der Waals surface area contributed by atoms with Crippen LogP contribution in [0.2, 0.25) is 0 Å². The first-order valence-corrected chi connectivity index (χ1v) is 27.8. The van der Waals surface area contributed by atoms with Crippen LogP contribution in [0.15, 0.2) is 36.5 Å². The summed E-state index contributed by atoms with van der Waals surface area (Å²) in [5.41, 5.74) is 0. The van der Waals surface area contributed by atoms with Crippen molar-refractivity contribution in [2.24, 2.45) is 0 Å². The van der Waals surface area contributed by atoms with E-state index in [4.69, 9.17) is 4.74 Å². The Morgan fingerprint density at radius 3 is 1.24 bits per heavy atom. The monoisotopic (exact) mass is 886 g/mol. The summed E-state index contributed by atoms with van der Waals surface area (Å²) in [4.78, 5) is 24.5. The third kappa shape index (κ3) is 49.4. The van der Waals surface area contributed by atoms with Gasteiger partial charge < -0.3 is 20.3 Å². The van der Waals surface area contributed by atoms with Crippen LogP contribution >= 0.6 is 0 Å². The fourth-order valence-corrected chi connectivity index (χ4v) is 8.39. The molecule has 63 heavy (non-hydrogen) atoms. The van der Waals surface area contributed by atoms with Crippen LogP contribution in [0.25, 0.3) is 0 Å². The van der Waals surface area contributed by atoms with Crippen LogP contribution in [-0.2, 0) is 14.3 Å². The van der Waals surface area contributed by atoms with Gasteiger partial charge in [0.05, 0.1) is 25.4 Å². The number of esters is 1. The van der Waals surface area contributed by atoms with Gasteiger partial charge in [-0.15, -0.1) is 0 Å². The molecule has 6 nitrogen and oxygen atoms in total. The Morgan fingerprint density at radius 1 is 0.444 bits per heavy atom. The Labute approximate surface area is 392 Å². The van der Waals surface area contributed by atoms with Crippen molar-refractivity contribution in [3.63, 3.8) is 0 Å². The van der Waals surface area contributed by atoms with Crippen molar-refractivity contribution < 1.29 is 24.5 Å². The quantitative estimate of drug-likeness (QED) is 0.0245. The molecule has 0 fully saturated rings. The Bertz CT molecular complexity index is 1020. The molecule has 0 aliphatic carbocycles. The van der Waals surface area contributed by atoms with Gasteiger partial charge in [0, 0.05) is 12.8 Å². The number of amides is 1. The van der Waals surface area contributed by atoms with E-state index in [1.165, 1.54) is 180 Å². The van der Waals surface area contributed by atoms with Crippen molar-refractivity contribution in [2.45, 2.75) is 302 Å². The molecule has 0 heterocycles. The molecule has 6 heteroatoms. The minimum atomic E-state index is -0.679. The third-order valence-electron chi connectivity index (χ3n) is 12.7. The normalized spacial score (nSPS) is 12.9. The van der Waals surface area contributed by atoms with E-state index >= 15 is 0 Å². The number of ether oxygens (including phenoxy) is 1. The average Bonchev–Trinajstić information content (AvgIpc) is 3.28. The van der Waals surface area contributed by atoms with Crippen molar-refractivity contribution in [3.8, 4) is 0 Å². The number of carbonyl (C=O) groups is 2. The summed E-state index contributed by atoms with van der Waals surface area (Å²) in [6.07, 6.45) is 64.1. The molecule has 3 N–H and O–H groups in total. The largest absolute Gasteiger partial charge is 0.466 e. The zero-order valence-corrected chi connectivity index (χ0v) is 42.1. The zero-order chi connectivity index (χ0) is 45.8. The second kappa shape index (κ2) is 52.7. The molecule has 0 radical (unpaired) electrons. The highest BCUT2D eigenvalue weighted by Gasteiger charge is 2.20. The van der Waals surface area contributed by atoms with Gasteiger partial charge in [-0.3, -0.25) is 9.59 Å². The van der Waals surface area contributed by atoms with E-state index in [0.29, 0.717) is 25.9 Å². The van der Waals surface area contributed by atoms with Gasteiger partial charge in [-0.25, -0.2) is 0 Å². The van der Waals surface area contributed by atoms with Crippen LogP contribution in [0.1, 0.15) is 290 Å². The number of aliphatic hydroxyl groups excluding tert-OH is 2. The minimum absolute atomic E-state index is 0.0310.